The molecule has 0 N–H and O–H groups in total. The first kappa shape index (κ1) is 72.1. The largest absolute Gasteiger partial charge is 0.462 e. The molecule has 434 valence electrons. The van der Waals surface area contributed by atoms with Gasteiger partial charge in [-0.15, -0.1) is 0 Å². The molecule has 0 spiro atoms. The summed E-state index contributed by atoms with van der Waals surface area (Å²) >= 11 is 0. The summed E-state index contributed by atoms with van der Waals surface area (Å²) in [7, 11) is 0. The van der Waals surface area contributed by atoms with Gasteiger partial charge in [0.05, 0.1) is 0 Å². The van der Waals surface area contributed by atoms with Gasteiger partial charge in [-0.3, -0.25) is 14.4 Å². The molecule has 1 unspecified atom stereocenters. The Morgan fingerprint density at radius 1 is 0.276 bits per heavy atom. The molecule has 0 heterocycles. The Bertz CT molecular complexity index is 1540. The van der Waals surface area contributed by atoms with Crippen LogP contribution in [0.3, 0.4) is 0 Å². The van der Waals surface area contributed by atoms with Crippen molar-refractivity contribution in [1.29, 1.82) is 0 Å². The zero-order valence-electron chi connectivity index (χ0n) is 49.7. The van der Waals surface area contributed by atoms with Gasteiger partial charge in [0.25, 0.3) is 0 Å². The summed E-state index contributed by atoms with van der Waals surface area (Å²) in [5.74, 6) is -0.909. The third-order valence-corrected chi connectivity index (χ3v) is 13.5. The Hall–Kier alpha value is -3.93. The molecule has 1 atom stereocenters. The van der Waals surface area contributed by atoms with Crippen LogP contribution in [0.15, 0.2) is 109 Å². The van der Waals surface area contributed by atoms with E-state index in [0.717, 1.165) is 128 Å². The van der Waals surface area contributed by atoms with Crippen LogP contribution in [0, 0.1) is 0 Å². The molecule has 0 amide bonds. The number of hydrogen-bond donors (Lipinski definition) is 0. The lowest BCUT2D eigenvalue weighted by Gasteiger charge is -2.18. The van der Waals surface area contributed by atoms with Crippen LogP contribution in [0.4, 0.5) is 0 Å². The molecular weight excluding hydrogens is 937 g/mol. The molecule has 6 nitrogen and oxygen atoms in total. The van der Waals surface area contributed by atoms with E-state index >= 15 is 0 Å². The van der Waals surface area contributed by atoms with Gasteiger partial charge in [-0.05, 0) is 128 Å². The summed E-state index contributed by atoms with van der Waals surface area (Å²) in [6, 6.07) is 0. The van der Waals surface area contributed by atoms with Crippen LogP contribution < -0.4 is 0 Å². The highest BCUT2D eigenvalue weighted by Crippen LogP contribution is 2.15. The summed E-state index contributed by atoms with van der Waals surface area (Å²) in [4.78, 5) is 38.3. The predicted octanol–water partition coefficient (Wildman–Crippen LogP) is 21.8. The third kappa shape index (κ3) is 60.9. The van der Waals surface area contributed by atoms with Gasteiger partial charge in [0, 0.05) is 19.3 Å². The Balaban J connectivity index is 4.30. The number of allylic oxidation sites excluding steroid dienone is 18. The van der Waals surface area contributed by atoms with Gasteiger partial charge in [0.1, 0.15) is 13.2 Å². The van der Waals surface area contributed by atoms with Crippen LogP contribution in [-0.2, 0) is 28.6 Å². The number of carbonyl (C=O) groups excluding carboxylic acids is 3. The van der Waals surface area contributed by atoms with E-state index in [9.17, 15) is 14.4 Å². The summed E-state index contributed by atoms with van der Waals surface area (Å²) in [5, 5.41) is 0. The number of esters is 3. The first-order chi connectivity index (χ1) is 37.5. The highest BCUT2D eigenvalue weighted by molar-refractivity contribution is 5.71. The van der Waals surface area contributed by atoms with E-state index in [1.54, 1.807) is 0 Å². The minimum atomic E-state index is -0.792. The summed E-state index contributed by atoms with van der Waals surface area (Å²) in [6.07, 6.45) is 86.6. The normalized spacial score (nSPS) is 12.8. The van der Waals surface area contributed by atoms with Gasteiger partial charge in [-0.1, -0.05) is 259 Å². The minimum absolute atomic E-state index is 0.0886. The maximum atomic E-state index is 12.9. The molecule has 0 aliphatic carbocycles. The summed E-state index contributed by atoms with van der Waals surface area (Å²) in [5.41, 5.74) is 0. The maximum absolute atomic E-state index is 12.9. The second kappa shape index (κ2) is 63.6. The Morgan fingerprint density at radius 3 is 0.816 bits per heavy atom. The van der Waals surface area contributed by atoms with Crippen molar-refractivity contribution < 1.29 is 28.6 Å². The molecule has 0 aromatic carbocycles. The van der Waals surface area contributed by atoms with Crippen molar-refractivity contribution in [3.05, 3.63) is 109 Å². The van der Waals surface area contributed by atoms with Gasteiger partial charge < -0.3 is 14.2 Å². The fraction of sp³-hybridized carbons (Fsp3) is 0.700. The molecule has 0 rings (SSSR count). The molecule has 6 heteroatoms. The van der Waals surface area contributed by atoms with Crippen molar-refractivity contribution in [2.75, 3.05) is 13.2 Å². The maximum Gasteiger partial charge on any atom is 0.306 e. The number of rotatable bonds is 57. The molecule has 0 saturated carbocycles. The Kier molecular flexibility index (Phi) is 60.3. The van der Waals surface area contributed by atoms with E-state index in [0.29, 0.717) is 19.3 Å². The summed E-state index contributed by atoms with van der Waals surface area (Å²) in [6.45, 7) is 6.49. The molecule has 0 fully saturated rings. The third-order valence-electron chi connectivity index (χ3n) is 13.5. The van der Waals surface area contributed by atoms with Crippen molar-refractivity contribution in [2.24, 2.45) is 0 Å². The molecule has 0 radical (unpaired) electrons. The minimum Gasteiger partial charge on any atom is -0.462 e. The van der Waals surface area contributed by atoms with E-state index in [1.807, 2.05) is 0 Å². The van der Waals surface area contributed by atoms with Crippen LogP contribution in [0.2, 0.25) is 0 Å². The average Bonchev–Trinajstić information content (AvgIpc) is 3.42. The fourth-order valence-corrected chi connectivity index (χ4v) is 8.71. The second-order valence-electron chi connectivity index (χ2n) is 20.9. The molecular formula is C70H118O6. The average molecular weight is 1060 g/mol. The van der Waals surface area contributed by atoms with Crippen LogP contribution in [0.1, 0.15) is 297 Å². The highest BCUT2D eigenvalue weighted by Gasteiger charge is 2.19. The van der Waals surface area contributed by atoms with E-state index < -0.39 is 6.10 Å². The standard InChI is InChI=1S/C70H118O6/c1-4-7-10-13-16-19-22-25-27-29-30-31-32-33-34-35-36-37-38-39-40-41-43-45-48-51-54-57-60-63-69(72)75-66-67(65-74-68(71)62-59-56-53-50-47-44-24-21-18-15-12-9-6-3)76-70(73)64-61-58-55-52-49-46-42-28-26-23-20-17-14-11-8-5-2/h7,10,16,19-21,23-25,27-28,30-31,33-34,36-37,42,67H,4-6,8-9,11-15,17-18,22,26,29,32,35,38-41,43-66H2,1-3H3/b10-7-,19-16-,23-20-,24-21-,27-25-,31-30-,34-33-,37-36-,42-28-. The first-order valence-electron chi connectivity index (χ1n) is 31.9. The van der Waals surface area contributed by atoms with Gasteiger partial charge in [-0.25, -0.2) is 0 Å². The van der Waals surface area contributed by atoms with Crippen LogP contribution >= 0.6 is 0 Å². The van der Waals surface area contributed by atoms with Gasteiger partial charge >= 0.3 is 17.9 Å². The van der Waals surface area contributed by atoms with Gasteiger partial charge in [0.2, 0.25) is 0 Å². The molecule has 0 bridgehead atoms. The molecule has 76 heavy (non-hydrogen) atoms. The smallest absolute Gasteiger partial charge is 0.306 e. The summed E-state index contributed by atoms with van der Waals surface area (Å²) < 4.78 is 16.9. The molecule has 0 saturated heterocycles. The number of carbonyl (C=O) groups is 3. The first-order valence-corrected chi connectivity index (χ1v) is 31.9. The van der Waals surface area contributed by atoms with E-state index in [1.165, 1.54) is 128 Å². The van der Waals surface area contributed by atoms with Crippen molar-refractivity contribution in [3.8, 4) is 0 Å². The van der Waals surface area contributed by atoms with Crippen LogP contribution in [0.25, 0.3) is 0 Å². The van der Waals surface area contributed by atoms with Gasteiger partial charge in [0.15, 0.2) is 6.10 Å². The van der Waals surface area contributed by atoms with Crippen molar-refractivity contribution in [1.82, 2.24) is 0 Å². The second-order valence-corrected chi connectivity index (χ2v) is 20.9. The van der Waals surface area contributed by atoms with E-state index in [4.69, 9.17) is 14.2 Å². The SMILES string of the molecule is CC/C=C\C/C=C\C/C=C\C/C=C\C/C=C\C/C=C\CCCCCCCCCCCCC(=O)OCC(COC(=O)CCCCCCC/C=C\CCCCCC)OC(=O)CCCCCCC/C=C\C/C=C\CCCCCC. The topological polar surface area (TPSA) is 78.9 Å². The lowest BCUT2D eigenvalue weighted by molar-refractivity contribution is -0.167. The number of ether oxygens (including phenoxy) is 3. The lowest BCUT2D eigenvalue weighted by atomic mass is 10.1. The van der Waals surface area contributed by atoms with Crippen molar-refractivity contribution in [3.63, 3.8) is 0 Å². The molecule has 0 aliphatic rings. The molecule has 0 aromatic rings. The molecule has 0 aromatic heterocycles. The van der Waals surface area contributed by atoms with E-state index in [2.05, 4.69) is 130 Å². The van der Waals surface area contributed by atoms with Crippen molar-refractivity contribution >= 4 is 17.9 Å². The number of hydrogen-bond acceptors (Lipinski definition) is 6. The van der Waals surface area contributed by atoms with Crippen LogP contribution in [0.5, 0.6) is 0 Å². The molecule has 0 aliphatic heterocycles. The van der Waals surface area contributed by atoms with Crippen molar-refractivity contribution in [2.45, 2.75) is 303 Å². The van der Waals surface area contributed by atoms with E-state index in [-0.39, 0.29) is 31.1 Å². The number of unbranched alkanes of at least 4 members (excludes halogenated alkanes) is 28. The quantitative estimate of drug-likeness (QED) is 0.0261. The Labute approximate surface area is 470 Å². The van der Waals surface area contributed by atoms with Crippen LogP contribution in [-0.4, -0.2) is 37.2 Å². The zero-order valence-corrected chi connectivity index (χ0v) is 49.7. The monoisotopic (exact) mass is 1050 g/mol. The lowest BCUT2D eigenvalue weighted by Crippen LogP contribution is -2.30. The fourth-order valence-electron chi connectivity index (χ4n) is 8.71. The highest BCUT2D eigenvalue weighted by atomic mass is 16.6. The Morgan fingerprint density at radius 2 is 0.513 bits per heavy atom. The van der Waals surface area contributed by atoms with Gasteiger partial charge in [-0.2, -0.15) is 0 Å². The predicted molar refractivity (Wildman–Crippen MR) is 330 cm³/mol. The zero-order chi connectivity index (χ0) is 55.0.